The van der Waals surface area contributed by atoms with Crippen molar-refractivity contribution in [1.29, 1.82) is 0 Å². The number of aryl methyl sites for hydroxylation is 1. The molecule has 4 rings (SSSR count). The van der Waals surface area contributed by atoms with E-state index in [0.717, 1.165) is 16.7 Å². The average molecular weight is 392 g/mol. The zero-order valence-electron chi connectivity index (χ0n) is 16.8. The van der Waals surface area contributed by atoms with E-state index in [0.29, 0.717) is 18.8 Å². The van der Waals surface area contributed by atoms with E-state index in [4.69, 9.17) is 4.74 Å². The quantitative estimate of drug-likeness (QED) is 0.669. The zero-order chi connectivity index (χ0) is 20.5. The number of hydrogen-bond donors (Lipinski definition) is 0. The minimum Gasteiger partial charge on any atom is -0.486 e. The molecule has 0 N–H and O–H groups in total. The highest BCUT2D eigenvalue weighted by atomic mass is 16.5. The average Bonchev–Trinajstić information content (AvgIpc) is 3.16. The second-order valence-corrected chi connectivity index (χ2v) is 7.46. The van der Waals surface area contributed by atoms with Crippen molar-refractivity contribution in [3.8, 4) is 16.9 Å². The summed E-state index contributed by atoms with van der Waals surface area (Å²) in [6.45, 7) is 4.71. The second-order valence-electron chi connectivity index (χ2n) is 7.46. The molecule has 1 fully saturated rings. The molecule has 1 unspecified atom stereocenters. The Balaban J connectivity index is 1.61. The van der Waals surface area contributed by atoms with Crippen LogP contribution in [-0.2, 0) is 11.8 Å². The minimum atomic E-state index is -0.142. The molecule has 1 saturated heterocycles. The first kappa shape index (κ1) is 19.0. The standard InChI is InChI=1S/C22H24N4O3/c1-15(17-7-5-4-6-8-17)26-11-18(10-23-26)20-14-24(3)22(28)9-21(20)29-19-12-25(13-19)16(2)27/h4-11,14-15,19H,12-13H2,1-3H3. The maximum atomic E-state index is 12.2. The van der Waals surface area contributed by atoms with E-state index in [-0.39, 0.29) is 23.6 Å². The maximum Gasteiger partial charge on any atom is 0.254 e. The number of nitrogens with zero attached hydrogens (tertiary/aromatic N) is 4. The van der Waals surface area contributed by atoms with Gasteiger partial charge in [0, 0.05) is 43.6 Å². The molecule has 1 aromatic carbocycles. The number of aromatic nitrogens is 3. The van der Waals surface area contributed by atoms with Crippen molar-refractivity contribution in [2.24, 2.45) is 7.05 Å². The van der Waals surface area contributed by atoms with Gasteiger partial charge in [-0.25, -0.2) is 0 Å². The number of hydrogen-bond acceptors (Lipinski definition) is 4. The van der Waals surface area contributed by atoms with Crippen molar-refractivity contribution in [3.05, 3.63) is 70.9 Å². The Bertz CT molecular complexity index is 1080. The van der Waals surface area contributed by atoms with Crippen LogP contribution in [0.1, 0.15) is 25.5 Å². The molecule has 0 bridgehead atoms. The lowest BCUT2D eigenvalue weighted by molar-refractivity contribution is -0.137. The molecule has 1 amide bonds. The smallest absolute Gasteiger partial charge is 0.254 e. The van der Waals surface area contributed by atoms with Crippen LogP contribution in [0.5, 0.6) is 5.75 Å². The summed E-state index contributed by atoms with van der Waals surface area (Å²) < 4.78 is 9.50. The number of ether oxygens (including phenoxy) is 1. The normalized spacial score (nSPS) is 15.1. The highest BCUT2D eigenvalue weighted by Crippen LogP contribution is 2.31. The first-order valence-electron chi connectivity index (χ1n) is 9.64. The fourth-order valence-corrected chi connectivity index (χ4v) is 3.45. The van der Waals surface area contributed by atoms with E-state index < -0.39 is 0 Å². The van der Waals surface area contributed by atoms with Gasteiger partial charge >= 0.3 is 0 Å². The molecule has 0 spiro atoms. The van der Waals surface area contributed by atoms with Crippen LogP contribution in [0.25, 0.3) is 11.1 Å². The molecular weight excluding hydrogens is 368 g/mol. The fraction of sp³-hybridized carbons (Fsp3) is 0.318. The van der Waals surface area contributed by atoms with Crippen molar-refractivity contribution >= 4 is 5.91 Å². The third-order valence-electron chi connectivity index (χ3n) is 5.37. The van der Waals surface area contributed by atoms with Crippen LogP contribution in [0.3, 0.4) is 0 Å². The van der Waals surface area contributed by atoms with E-state index in [1.807, 2.05) is 29.1 Å². The summed E-state index contributed by atoms with van der Waals surface area (Å²) >= 11 is 0. The van der Waals surface area contributed by atoms with Gasteiger partial charge in [-0.15, -0.1) is 0 Å². The maximum absolute atomic E-state index is 12.2. The Morgan fingerprint density at radius 3 is 2.62 bits per heavy atom. The van der Waals surface area contributed by atoms with Crippen LogP contribution >= 0.6 is 0 Å². The molecule has 7 heteroatoms. The Morgan fingerprint density at radius 1 is 1.21 bits per heavy atom. The minimum absolute atomic E-state index is 0.0326. The number of carbonyl (C=O) groups excluding carboxylic acids is 1. The van der Waals surface area contributed by atoms with Crippen molar-refractivity contribution in [2.45, 2.75) is 26.0 Å². The van der Waals surface area contributed by atoms with Crippen molar-refractivity contribution < 1.29 is 9.53 Å². The van der Waals surface area contributed by atoms with Gasteiger partial charge in [-0.2, -0.15) is 5.10 Å². The summed E-state index contributed by atoms with van der Waals surface area (Å²) in [6, 6.07) is 11.7. The summed E-state index contributed by atoms with van der Waals surface area (Å²) in [5.41, 5.74) is 2.70. The summed E-state index contributed by atoms with van der Waals surface area (Å²) in [5, 5.41) is 4.53. The molecule has 1 aliphatic rings. The molecule has 2 aromatic heterocycles. The van der Waals surface area contributed by atoms with Gasteiger partial charge in [0.2, 0.25) is 5.91 Å². The Hall–Kier alpha value is -3.35. The Morgan fingerprint density at radius 2 is 1.93 bits per heavy atom. The van der Waals surface area contributed by atoms with Crippen LogP contribution in [0.4, 0.5) is 0 Å². The van der Waals surface area contributed by atoms with Crippen molar-refractivity contribution in [1.82, 2.24) is 19.2 Å². The second kappa shape index (κ2) is 7.58. The van der Waals surface area contributed by atoms with Gasteiger partial charge in [-0.1, -0.05) is 30.3 Å². The largest absolute Gasteiger partial charge is 0.486 e. The van der Waals surface area contributed by atoms with Gasteiger partial charge < -0.3 is 14.2 Å². The van der Waals surface area contributed by atoms with Crippen molar-refractivity contribution in [2.75, 3.05) is 13.1 Å². The Kier molecular flexibility index (Phi) is 4.96. The summed E-state index contributed by atoms with van der Waals surface area (Å²) in [6.07, 6.45) is 5.41. The molecular formula is C22H24N4O3. The highest BCUT2D eigenvalue weighted by Gasteiger charge is 2.31. The number of benzene rings is 1. The molecule has 0 aliphatic carbocycles. The third kappa shape index (κ3) is 3.81. The zero-order valence-corrected chi connectivity index (χ0v) is 16.8. The lowest BCUT2D eigenvalue weighted by atomic mass is 10.1. The van der Waals surface area contributed by atoms with E-state index in [9.17, 15) is 9.59 Å². The fourth-order valence-electron chi connectivity index (χ4n) is 3.45. The molecule has 0 saturated carbocycles. The monoisotopic (exact) mass is 392 g/mol. The number of pyridine rings is 1. The van der Waals surface area contributed by atoms with Gasteiger partial charge in [-0.3, -0.25) is 14.3 Å². The van der Waals surface area contributed by atoms with E-state index in [1.165, 1.54) is 10.6 Å². The van der Waals surface area contributed by atoms with Gasteiger partial charge in [0.1, 0.15) is 11.9 Å². The molecule has 150 valence electrons. The topological polar surface area (TPSA) is 69.4 Å². The molecule has 7 nitrogen and oxygen atoms in total. The predicted octanol–water partition coefficient (Wildman–Crippen LogP) is 2.47. The van der Waals surface area contributed by atoms with Gasteiger partial charge in [0.05, 0.1) is 25.3 Å². The van der Waals surface area contributed by atoms with E-state index >= 15 is 0 Å². The molecule has 1 atom stereocenters. The lowest BCUT2D eigenvalue weighted by Gasteiger charge is -2.38. The van der Waals surface area contributed by atoms with Gasteiger partial charge in [-0.05, 0) is 12.5 Å². The van der Waals surface area contributed by atoms with Crippen molar-refractivity contribution in [3.63, 3.8) is 0 Å². The van der Waals surface area contributed by atoms with E-state index in [2.05, 4.69) is 24.2 Å². The summed E-state index contributed by atoms with van der Waals surface area (Å²) in [4.78, 5) is 25.3. The lowest BCUT2D eigenvalue weighted by Crippen LogP contribution is -2.55. The van der Waals surface area contributed by atoms with Crippen LogP contribution in [0.2, 0.25) is 0 Å². The highest BCUT2D eigenvalue weighted by molar-refractivity contribution is 5.74. The number of likely N-dealkylation sites (tertiary alicyclic amines) is 1. The van der Waals surface area contributed by atoms with Gasteiger partial charge in [0.15, 0.2) is 0 Å². The molecule has 29 heavy (non-hydrogen) atoms. The summed E-state index contributed by atoms with van der Waals surface area (Å²) in [5.74, 6) is 0.554. The van der Waals surface area contributed by atoms with Crippen LogP contribution in [-0.4, -0.2) is 44.3 Å². The summed E-state index contributed by atoms with van der Waals surface area (Å²) in [7, 11) is 1.72. The number of rotatable bonds is 5. The molecule has 1 aliphatic heterocycles. The molecule has 3 heterocycles. The number of carbonyl (C=O) groups is 1. The van der Waals surface area contributed by atoms with Crippen LogP contribution < -0.4 is 10.3 Å². The van der Waals surface area contributed by atoms with Crippen LogP contribution in [0.15, 0.2) is 59.8 Å². The first-order chi connectivity index (χ1) is 13.9. The molecule has 3 aromatic rings. The molecule has 0 radical (unpaired) electrons. The predicted molar refractivity (Wildman–Crippen MR) is 110 cm³/mol. The SMILES string of the molecule is CC(=O)N1CC(Oc2cc(=O)n(C)cc2-c2cnn(C(C)c3ccccc3)c2)C1. The van der Waals surface area contributed by atoms with Gasteiger partial charge in [0.25, 0.3) is 5.56 Å². The van der Waals surface area contributed by atoms with E-state index in [1.54, 1.807) is 31.3 Å². The first-order valence-corrected chi connectivity index (χ1v) is 9.64. The van der Waals surface area contributed by atoms with Crippen LogP contribution in [0, 0.1) is 0 Å². The third-order valence-corrected chi connectivity index (χ3v) is 5.37. The number of amides is 1. The Labute approximate surface area is 169 Å².